The van der Waals surface area contributed by atoms with Crippen molar-refractivity contribution in [3.05, 3.63) is 77.3 Å². The average molecular weight is 509 g/mol. The molecule has 184 valence electrons. The van der Waals surface area contributed by atoms with Crippen LogP contribution in [0, 0.1) is 5.41 Å². The number of fused-ring (bicyclic) bond motifs is 5. The number of aromatic nitrogens is 1. The van der Waals surface area contributed by atoms with Crippen molar-refractivity contribution in [2.45, 2.75) is 31.6 Å². The van der Waals surface area contributed by atoms with Crippen LogP contribution in [0.15, 0.2) is 70.0 Å². The maximum absolute atomic E-state index is 13.9. The molecule has 0 fully saturated rings. The van der Waals surface area contributed by atoms with Gasteiger partial charge in [0.15, 0.2) is 5.78 Å². The molecule has 4 aromatic carbocycles. The van der Waals surface area contributed by atoms with Crippen LogP contribution >= 0.6 is 0 Å². The summed E-state index contributed by atoms with van der Waals surface area (Å²) in [4.78, 5) is 16.6. The highest BCUT2D eigenvalue weighted by atomic mass is 32.2. The molecule has 37 heavy (non-hydrogen) atoms. The molecule has 0 amide bonds. The molecule has 1 aliphatic carbocycles. The average Bonchev–Trinajstić information content (AvgIpc) is 3.37. The van der Waals surface area contributed by atoms with Crippen molar-refractivity contribution >= 4 is 71.5 Å². The number of carbonyl (C=O) groups excluding carboxylic acids is 1. The van der Waals surface area contributed by atoms with Crippen LogP contribution in [-0.4, -0.2) is 19.2 Å². The van der Waals surface area contributed by atoms with Gasteiger partial charge in [0.2, 0.25) is 0 Å². The molecule has 0 unspecified atom stereocenters. The van der Waals surface area contributed by atoms with E-state index < -0.39 is 10.0 Å². The lowest BCUT2D eigenvalue weighted by Crippen LogP contribution is -2.25. The Balaban J connectivity index is 1.45. The zero-order valence-corrected chi connectivity index (χ0v) is 21.3. The molecule has 0 saturated carbocycles. The summed E-state index contributed by atoms with van der Waals surface area (Å²) in [6.45, 7) is 8.16. The van der Waals surface area contributed by atoms with Gasteiger partial charge in [-0.05, 0) is 23.6 Å². The van der Waals surface area contributed by atoms with E-state index in [9.17, 15) is 13.2 Å². The number of rotatable bonds is 3. The van der Waals surface area contributed by atoms with Gasteiger partial charge in [0, 0.05) is 56.0 Å². The monoisotopic (exact) mass is 508 g/mol. The van der Waals surface area contributed by atoms with Gasteiger partial charge in [-0.2, -0.15) is 0 Å². The molecule has 1 aliphatic rings. The van der Waals surface area contributed by atoms with E-state index in [2.05, 4.69) is 30.1 Å². The van der Waals surface area contributed by atoms with Gasteiger partial charge < -0.3 is 9.40 Å². The Morgan fingerprint density at radius 2 is 1.65 bits per heavy atom. The SMILES string of the molecule is C=c1[nH]c2ccc(S(=O)(=O)Nc3cc4c5c(oc4c4ccccc34)CC(C)(C)CC5=O)c3cccc1c23. The number of aromatic amines is 1. The number of H-pyrrole nitrogens is 1. The van der Waals surface area contributed by atoms with Gasteiger partial charge in [-0.15, -0.1) is 0 Å². The normalized spacial score (nSPS) is 15.7. The second kappa shape index (κ2) is 7.23. The predicted molar refractivity (Wildman–Crippen MR) is 148 cm³/mol. The third-order valence-corrected chi connectivity index (χ3v) is 8.89. The quantitative estimate of drug-likeness (QED) is 0.293. The highest BCUT2D eigenvalue weighted by Gasteiger charge is 2.36. The molecule has 0 radical (unpaired) electrons. The number of sulfonamides is 1. The van der Waals surface area contributed by atoms with Gasteiger partial charge in [-0.25, -0.2) is 8.42 Å². The maximum Gasteiger partial charge on any atom is 0.262 e. The number of nitrogens with one attached hydrogen (secondary N) is 2. The Hall–Kier alpha value is -4.10. The Morgan fingerprint density at radius 3 is 2.46 bits per heavy atom. The lowest BCUT2D eigenvalue weighted by molar-refractivity contribution is 0.0906. The fraction of sp³-hybridized carbons (Fsp3) is 0.167. The molecule has 6 aromatic rings. The summed E-state index contributed by atoms with van der Waals surface area (Å²) in [5, 5.41) is 5.22. The summed E-state index contributed by atoms with van der Waals surface area (Å²) in [5.41, 5.74) is 2.25. The fourth-order valence-electron chi connectivity index (χ4n) is 5.90. The second-order valence-electron chi connectivity index (χ2n) is 10.7. The van der Waals surface area contributed by atoms with Gasteiger partial charge in [0.05, 0.1) is 16.1 Å². The van der Waals surface area contributed by atoms with Crippen LogP contribution in [0.3, 0.4) is 0 Å². The van der Waals surface area contributed by atoms with E-state index in [1.807, 2.05) is 42.5 Å². The lowest BCUT2D eigenvalue weighted by Gasteiger charge is -2.27. The van der Waals surface area contributed by atoms with Crippen molar-refractivity contribution in [2.75, 3.05) is 4.72 Å². The van der Waals surface area contributed by atoms with Crippen LogP contribution in [0.2, 0.25) is 0 Å². The molecular weight excluding hydrogens is 484 g/mol. The molecule has 6 nitrogen and oxygen atoms in total. The first kappa shape index (κ1) is 22.1. The first-order valence-corrected chi connectivity index (χ1v) is 13.7. The summed E-state index contributed by atoms with van der Waals surface area (Å²) < 4.78 is 36.8. The maximum atomic E-state index is 13.9. The van der Waals surface area contributed by atoms with Crippen LogP contribution in [0.4, 0.5) is 5.69 Å². The largest absolute Gasteiger partial charge is 0.460 e. The van der Waals surface area contributed by atoms with Crippen molar-refractivity contribution in [1.29, 1.82) is 0 Å². The number of ketones is 1. The molecule has 0 aliphatic heterocycles. The Labute approximate surface area is 213 Å². The van der Waals surface area contributed by atoms with Gasteiger partial charge in [-0.3, -0.25) is 9.52 Å². The van der Waals surface area contributed by atoms with Crippen molar-refractivity contribution in [2.24, 2.45) is 5.41 Å². The predicted octanol–water partition coefficient (Wildman–Crippen LogP) is 6.31. The number of furan rings is 1. The Bertz CT molecular complexity index is 2100. The van der Waals surface area contributed by atoms with E-state index in [0.717, 1.165) is 27.0 Å². The number of benzene rings is 4. The zero-order valence-electron chi connectivity index (χ0n) is 20.4. The minimum Gasteiger partial charge on any atom is -0.460 e. The van der Waals surface area contributed by atoms with E-state index in [0.29, 0.717) is 51.6 Å². The van der Waals surface area contributed by atoms with Crippen LogP contribution < -0.4 is 10.1 Å². The van der Waals surface area contributed by atoms with Crippen molar-refractivity contribution in [3.63, 3.8) is 0 Å². The van der Waals surface area contributed by atoms with Gasteiger partial charge in [0.1, 0.15) is 11.3 Å². The number of anilines is 1. The summed E-state index contributed by atoms with van der Waals surface area (Å²) in [6, 6.07) is 18.2. The first-order chi connectivity index (χ1) is 17.6. The second-order valence-corrected chi connectivity index (χ2v) is 12.4. The third-order valence-electron chi connectivity index (χ3n) is 7.47. The summed E-state index contributed by atoms with van der Waals surface area (Å²) in [6.07, 6.45) is 1.07. The van der Waals surface area contributed by atoms with Crippen molar-refractivity contribution in [1.82, 2.24) is 4.98 Å². The first-order valence-electron chi connectivity index (χ1n) is 12.2. The van der Waals surface area contributed by atoms with Crippen LogP contribution in [0.25, 0.3) is 50.0 Å². The molecule has 0 bridgehead atoms. The lowest BCUT2D eigenvalue weighted by atomic mass is 9.76. The van der Waals surface area contributed by atoms with E-state index in [1.54, 1.807) is 18.2 Å². The molecule has 7 heteroatoms. The fourth-order valence-corrected chi connectivity index (χ4v) is 7.18. The Kier molecular flexibility index (Phi) is 4.32. The highest BCUT2D eigenvalue weighted by molar-refractivity contribution is 7.93. The summed E-state index contributed by atoms with van der Waals surface area (Å²) in [5.74, 6) is 0.691. The van der Waals surface area contributed by atoms with Crippen LogP contribution in [0.5, 0.6) is 0 Å². The minimum absolute atomic E-state index is 0.0225. The summed E-state index contributed by atoms with van der Waals surface area (Å²) >= 11 is 0. The topological polar surface area (TPSA) is 92.2 Å². The molecular formula is C30H24N2O4S. The van der Waals surface area contributed by atoms with Gasteiger partial charge in [-0.1, -0.05) is 62.9 Å². The molecule has 2 N–H and O–H groups in total. The van der Waals surface area contributed by atoms with Crippen LogP contribution in [0.1, 0.15) is 36.4 Å². The van der Waals surface area contributed by atoms with Crippen molar-refractivity contribution < 1.29 is 17.6 Å². The number of Topliss-reactive ketones (excluding diaryl/α,β-unsaturated/α-hetero) is 1. The molecule has 2 heterocycles. The van der Waals surface area contributed by atoms with E-state index in [4.69, 9.17) is 4.42 Å². The summed E-state index contributed by atoms with van der Waals surface area (Å²) in [7, 11) is -3.98. The van der Waals surface area contributed by atoms with Crippen LogP contribution in [-0.2, 0) is 16.4 Å². The van der Waals surface area contributed by atoms with E-state index >= 15 is 0 Å². The van der Waals surface area contributed by atoms with Gasteiger partial charge in [0.25, 0.3) is 10.0 Å². The molecule has 2 aromatic heterocycles. The zero-order chi connectivity index (χ0) is 25.7. The van der Waals surface area contributed by atoms with E-state index in [1.165, 1.54) is 0 Å². The van der Waals surface area contributed by atoms with E-state index in [-0.39, 0.29) is 16.1 Å². The number of carbonyl (C=O) groups is 1. The smallest absolute Gasteiger partial charge is 0.262 e. The molecule has 0 spiro atoms. The number of hydrogen-bond acceptors (Lipinski definition) is 4. The standard InChI is InChI=1S/C30H24N2O4S/c1-16-17-9-6-10-20-26(12-11-22(31-16)27(17)20)37(34,35)32-23-13-21-28-24(33)14-30(2,3)15-25(28)36-29(21)19-8-5-4-7-18(19)23/h4-13,31-32H,1,14-15H2,2-3H3. The number of hydrogen-bond donors (Lipinski definition) is 2. The molecule has 7 rings (SSSR count). The Morgan fingerprint density at radius 1 is 0.919 bits per heavy atom. The van der Waals surface area contributed by atoms with Crippen molar-refractivity contribution in [3.8, 4) is 0 Å². The van der Waals surface area contributed by atoms with Gasteiger partial charge >= 0.3 is 0 Å². The minimum atomic E-state index is -3.98. The highest BCUT2D eigenvalue weighted by Crippen LogP contribution is 2.44. The molecule has 0 saturated heterocycles. The molecule has 0 atom stereocenters. The third kappa shape index (κ3) is 3.17.